The fourth-order valence-corrected chi connectivity index (χ4v) is 4.53. The molecular formula is C27H24N2O2. The van der Waals surface area contributed by atoms with Crippen LogP contribution in [-0.2, 0) is 4.79 Å². The molecule has 1 saturated carbocycles. The van der Waals surface area contributed by atoms with Crippen molar-refractivity contribution in [3.63, 3.8) is 0 Å². The number of allylic oxidation sites excluding steroid dienone is 1. The largest absolute Gasteiger partial charge is 0.465 e. The molecule has 0 radical (unpaired) electrons. The Kier molecular flexibility index (Phi) is 5.36. The maximum atomic E-state index is 13.2. The first-order chi connectivity index (χ1) is 15.3. The monoisotopic (exact) mass is 408 g/mol. The van der Waals surface area contributed by atoms with E-state index < -0.39 is 0 Å². The maximum Gasteiger partial charge on any atom is 0.267 e. The standard InChI is InChI=1S/C27H24N2O2/c30-25(17-16-23-14-8-18-31-23)29-27(21-11-5-2-6-12-21)24-15-7-13-22(26(24)28-29)19-20-9-3-1-4-10-20/h1-6,8-12,14,16-19,24,27H,7,13,15H2/b17-16+,22-19+/t24-,27+/m0/s1. The van der Waals surface area contributed by atoms with Crippen LogP contribution in [0.4, 0.5) is 0 Å². The van der Waals surface area contributed by atoms with Crippen LogP contribution >= 0.6 is 0 Å². The molecule has 1 aliphatic heterocycles. The quantitative estimate of drug-likeness (QED) is 0.489. The van der Waals surface area contributed by atoms with Crippen LogP contribution in [0.3, 0.4) is 0 Å². The number of amides is 1. The summed E-state index contributed by atoms with van der Waals surface area (Å²) in [5.41, 5.74) is 4.56. The third-order valence-corrected chi connectivity index (χ3v) is 5.94. The minimum Gasteiger partial charge on any atom is -0.465 e. The minimum absolute atomic E-state index is 0.0931. The fraction of sp³-hybridized carbons (Fsp3) is 0.185. The lowest BCUT2D eigenvalue weighted by Gasteiger charge is -2.29. The van der Waals surface area contributed by atoms with Crippen molar-refractivity contribution in [1.29, 1.82) is 0 Å². The molecule has 2 heterocycles. The summed E-state index contributed by atoms with van der Waals surface area (Å²) in [4.78, 5) is 13.2. The Labute approximate surface area is 182 Å². The zero-order valence-corrected chi connectivity index (χ0v) is 17.2. The van der Waals surface area contributed by atoms with Crippen LogP contribution in [-0.4, -0.2) is 16.6 Å². The summed E-state index contributed by atoms with van der Waals surface area (Å²) in [6, 6.07) is 24.1. The molecule has 2 aliphatic rings. The first kappa shape index (κ1) is 19.3. The molecule has 0 bridgehead atoms. The molecule has 1 aromatic heterocycles. The molecule has 31 heavy (non-hydrogen) atoms. The van der Waals surface area contributed by atoms with Crippen LogP contribution in [0.5, 0.6) is 0 Å². The third kappa shape index (κ3) is 4.02. The highest BCUT2D eigenvalue weighted by molar-refractivity contribution is 6.08. The van der Waals surface area contributed by atoms with E-state index in [9.17, 15) is 4.79 Å². The SMILES string of the molecule is O=C(/C=C/c1ccco1)N1N=C2/C(=C/c3ccccc3)CCC[C@@H]2[C@H]1c1ccccc1. The summed E-state index contributed by atoms with van der Waals surface area (Å²) in [6.45, 7) is 0. The second kappa shape index (κ2) is 8.60. The van der Waals surface area contributed by atoms with Crippen molar-refractivity contribution in [1.82, 2.24) is 5.01 Å². The van der Waals surface area contributed by atoms with Gasteiger partial charge in [0, 0.05) is 12.0 Å². The van der Waals surface area contributed by atoms with Gasteiger partial charge in [0.15, 0.2) is 0 Å². The number of furan rings is 1. The van der Waals surface area contributed by atoms with Gasteiger partial charge in [0.05, 0.1) is 18.0 Å². The Hall–Kier alpha value is -3.66. The van der Waals surface area contributed by atoms with Gasteiger partial charge in [-0.2, -0.15) is 5.10 Å². The van der Waals surface area contributed by atoms with Crippen molar-refractivity contribution in [3.05, 3.63) is 108 Å². The highest BCUT2D eigenvalue weighted by Gasteiger charge is 2.43. The van der Waals surface area contributed by atoms with Gasteiger partial charge in [0.2, 0.25) is 0 Å². The van der Waals surface area contributed by atoms with Gasteiger partial charge in [0.1, 0.15) is 5.76 Å². The highest BCUT2D eigenvalue weighted by Crippen LogP contribution is 2.44. The second-order valence-electron chi connectivity index (χ2n) is 7.95. The maximum absolute atomic E-state index is 13.2. The van der Waals surface area contributed by atoms with E-state index in [1.54, 1.807) is 23.4 Å². The zero-order chi connectivity index (χ0) is 21.0. The summed E-state index contributed by atoms with van der Waals surface area (Å²) in [5.74, 6) is 0.719. The van der Waals surface area contributed by atoms with E-state index in [4.69, 9.17) is 9.52 Å². The molecule has 2 atom stereocenters. The molecule has 0 unspecified atom stereocenters. The molecule has 1 amide bonds. The third-order valence-electron chi connectivity index (χ3n) is 5.94. The van der Waals surface area contributed by atoms with Gasteiger partial charge in [0.25, 0.3) is 5.91 Å². The van der Waals surface area contributed by atoms with E-state index in [-0.39, 0.29) is 17.9 Å². The molecule has 1 aliphatic carbocycles. The van der Waals surface area contributed by atoms with Gasteiger partial charge in [-0.25, -0.2) is 5.01 Å². The van der Waals surface area contributed by atoms with Gasteiger partial charge < -0.3 is 4.42 Å². The summed E-state index contributed by atoms with van der Waals surface area (Å²) in [7, 11) is 0. The van der Waals surface area contributed by atoms with Crippen molar-refractivity contribution in [3.8, 4) is 0 Å². The minimum atomic E-state index is -0.133. The number of carbonyl (C=O) groups excluding carboxylic acids is 1. The molecule has 0 N–H and O–H groups in total. The molecule has 0 spiro atoms. The number of hydrogen-bond donors (Lipinski definition) is 0. The molecule has 0 saturated heterocycles. The predicted octanol–water partition coefficient (Wildman–Crippen LogP) is 6.12. The first-order valence-electron chi connectivity index (χ1n) is 10.7. The molecule has 2 aromatic carbocycles. The van der Waals surface area contributed by atoms with E-state index in [0.29, 0.717) is 5.76 Å². The Morgan fingerprint density at radius 1 is 1.00 bits per heavy atom. The smallest absolute Gasteiger partial charge is 0.267 e. The number of rotatable bonds is 4. The predicted molar refractivity (Wildman–Crippen MR) is 123 cm³/mol. The van der Waals surface area contributed by atoms with E-state index in [0.717, 1.165) is 30.5 Å². The van der Waals surface area contributed by atoms with Crippen molar-refractivity contribution in [2.45, 2.75) is 25.3 Å². The molecule has 154 valence electrons. The Bertz CT molecular complexity index is 1130. The number of nitrogens with zero attached hydrogens (tertiary/aromatic N) is 2. The van der Waals surface area contributed by atoms with Crippen LogP contribution in [0, 0.1) is 5.92 Å². The highest BCUT2D eigenvalue weighted by atomic mass is 16.3. The van der Waals surface area contributed by atoms with Crippen LogP contribution < -0.4 is 0 Å². The van der Waals surface area contributed by atoms with Gasteiger partial charge in [-0.1, -0.05) is 60.7 Å². The van der Waals surface area contributed by atoms with Crippen LogP contribution in [0.25, 0.3) is 12.2 Å². The number of benzene rings is 2. The molecule has 1 fully saturated rings. The number of fused-ring (bicyclic) bond motifs is 1. The molecule has 3 aromatic rings. The summed E-state index contributed by atoms with van der Waals surface area (Å²) in [5, 5.41) is 6.56. The lowest BCUT2D eigenvalue weighted by molar-refractivity contribution is -0.128. The van der Waals surface area contributed by atoms with Crippen LogP contribution in [0.2, 0.25) is 0 Å². The Balaban J connectivity index is 1.52. The molecule has 4 heteroatoms. The lowest BCUT2D eigenvalue weighted by atomic mass is 9.77. The van der Waals surface area contributed by atoms with Crippen molar-refractivity contribution >= 4 is 23.8 Å². The lowest BCUT2D eigenvalue weighted by Crippen LogP contribution is -2.30. The summed E-state index contributed by atoms with van der Waals surface area (Å²) in [6.07, 6.45) is 10.2. The van der Waals surface area contributed by atoms with E-state index in [1.165, 1.54) is 11.1 Å². The average molecular weight is 409 g/mol. The van der Waals surface area contributed by atoms with E-state index >= 15 is 0 Å². The van der Waals surface area contributed by atoms with Crippen molar-refractivity contribution in [2.24, 2.45) is 11.0 Å². The van der Waals surface area contributed by atoms with Crippen molar-refractivity contribution < 1.29 is 9.21 Å². The second-order valence-corrected chi connectivity index (χ2v) is 7.95. The molecular weight excluding hydrogens is 384 g/mol. The Morgan fingerprint density at radius 2 is 1.77 bits per heavy atom. The van der Waals surface area contributed by atoms with E-state index in [2.05, 4.69) is 30.3 Å². The summed E-state index contributed by atoms with van der Waals surface area (Å²) >= 11 is 0. The van der Waals surface area contributed by atoms with Gasteiger partial charge in [-0.15, -0.1) is 0 Å². The van der Waals surface area contributed by atoms with Gasteiger partial charge in [-0.3, -0.25) is 4.79 Å². The zero-order valence-electron chi connectivity index (χ0n) is 17.2. The Morgan fingerprint density at radius 3 is 2.52 bits per heavy atom. The van der Waals surface area contributed by atoms with Crippen LogP contribution in [0.15, 0.2) is 100 Å². The molecule has 4 nitrogen and oxygen atoms in total. The van der Waals surface area contributed by atoms with Gasteiger partial charge in [-0.05, 0) is 60.2 Å². The normalized spacial score (nSPS) is 22.0. The molecule has 5 rings (SSSR count). The number of carbonyl (C=O) groups is 1. The van der Waals surface area contributed by atoms with Crippen molar-refractivity contribution in [2.75, 3.05) is 0 Å². The topological polar surface area (TPSA) is 45.8 Å². The number of hydrazone groups is 1. The fourth-order valence-electron chi connectivity index (χ4n) is 4.53. The van der Waals surface area contributed by atoms with Crippen LogP contribution in [0.1, 0.15) is 42.2 Å². The van der Waals surface area contributed by atoms with Gasteiger partial charge >= 0.3 is 0 Å². The number of hydrogen-bond acceptors (Lipinski definition) is 3. The summed E-state index contributed by atoms with van der Waals surface area (Å²) < 4.78 is 5.33. The van der Waals surface area contributed by atoms with E-state index in [1.807, 2.05) is 48.5 Å². The average Bonchev–Trinajstić information content (AvgIpc) is 3.47. The first-order valence-corrected chi connectivity index (χ1v) is 10.7.